The molecule has 2 heterocycles. The molecule has 152 valence electrons. The Kier molecular flexibility index (Phi) is 6.81. The molecule has 5 heteroatoms. The highest BCUT2D eigenvalue weighted by Gasteiger charge is 2.25. The molecule has 3 rings (SSSR count). The number of hydrogen-bond acceptors (Lipinski definition) is 4. The van der Waals surface area contributed by atoms with Crippen molar-refractivity contribution in [3.05, 3.63) is 52.6 Å². The monoisotopic (exact) mass is 386 g/mol. The maximum atomic E-state index is 13.6. The Morgan fingerprint density at radius 2 is 1.57 bits per heavy atom. The van der Waals surface area contributed by atoms with E-state index < -0.39 is 0 Å². The highest BCUT2D eigenvalue weighted by atomic mass is 19.1. The van der Waals surface area contributed by atoms with Gasteiger partial charge in [-0.2, -0.15) is 0 Å². The quantitative estimate of drug-likeness (QED) is 0.796. The second-order valence-electron chi connectivity index (χ2n) is 8.08. The van der Waals surface area contributed by atoms with Crippen LogP contribution in [-0.2, 0) is 17.9 Å². The van der Waals surface area contributed by atoms with Crippen molar-refractivity contribution in [2.24, 2.45) is 0 Å². The van der Waals surface area contributed by atoms with E-state index in [0.29, 0.717) is 0 Å². The molecule has 28 heavy (non-hydrogen) atoms. The standard InChI is InChI=1S/C23H31FN2O2/c1-15(2)22-19(13-26-9-11-28-12-10-26)21(17-5-7-18(24)8-6-17)20(14-27)23(25-22)16(3)4/h5-8,15-16,27H,9-14H2,1-4H3. The van der Waals surface area contributed by atoms with Crippen molar-refractivity contribution >= 4 is 0 Å². The Morgan fingerprint density at radius 3 is 2.11 bits per heavy atom. The molecule has 0 radical (unpaired) electrons. The molecule has 0 atom stereocenters. The Morgan fingerprint density at radius 1 is 1.00 bits per heavy atom. The van der Waals surface area contributed by atoms with Gasteiger partial charge in [0.15, 0.2) is 0 Å². The second-order valence-corrected chi connectivity index (χ2v) is 8.08. The topological polar surface area (TPSA) is 45.6 Å². The van der Waals surface area contributed by atoms with Crippen LogP contribution in [0, 0.1) is 5.82 Å². The fourth-order valence-corrected chi connectivity index (χ4v) is 3.93. The molecule has 0 bridgehead atoms. The zero-order valence-corrected chi connectivity index (χ0v) is 17.3. The SMILES string of the molecule is CC(C)c1nc(C(C)C)c(CN2CCOCC2)c(-c2ccc(F)cc2)c1CO. The number of aliphatic hydroxyl groups is 1. The summed E-state index contributed by atoms with van der Waals surface area (Å²) in [6.07, 6.45) is 0. The summed E-state index contributed by atoms with van der Waals surface area (Å²) in [6, 6.07) is 6.58. The molecule has 0 saturated carbocycles. The largest absolute Gasteiger partial charge is 0.392 e. The smallest absolute Gasteiger partial charge is 0.123 e. The molecule has 1 aliphatic rings. The lowest BCUT2D eigenvalue weighted by Gasteiger charge is -2.30. The van der Waals surface area contributed by atoms with Gasteiger partial charge in [0, 0.05) is 36.6 Å². The molecule has 2 aromatic rings. The van der Waals surface area contributed by atoms with Gasteiger partial charge < -0.3 is 9.84 Å². The summed E-state index contributed by atoms with van der Waals surface area (Å²) in [5.74, 6) is 0.183. The summed E-state index contributed by atoms with van der Waals surface area (Å²) in [6.45, 7) is 12.4. The highest BCUT2D eigenvalue weighted by Crippen LogP contribution is 2.37. The third-order valence-electron chi connectivity index (χ3n) is 5.33. The van der Waals surface area contributed by atoms with Crippen molar-refractivity contribution in [2.75, 3.05) is 26.3 Å². The van der Waals surface area contributed by atoms with Crippen LogP contribution in [0.4, 0.5) is 4.39 Å². The lowest BCUT2D eigenvalue weighted by molar-refractivity contribution is 0.0340. The van der Waals surface area contributed by atoms with Crippen LogP contribution in [0.2, 0.25) is 0 Å². The van der Waals surface area contributed by atoms with Crippen LogP contribution in [0.25, 0.3) is 11.1 Å². The predicted octanol–water partition coefficient (Wildman–Crippen LogP) is 4.46. The number of benzene rings is 1. The van der Waals surface area contributed by atoms with E-state index in [-0.39, 0.29) is 24.3 Å². The molecule has 1 aromatic carbocycles. The number of rotatable bonds is 6. The van der Waals surface area contributed by atoms with Gasteiger partial charge in [0.1, 0.15) is 5.82 Å². The van der Waals surface area contributed by atoms with Crippen LogP contribution < -0.4 is 0 Å². The fraction of sp³-hybridized carbons (Fsp3) is 0.522. The van der Waals surface area contributed by atoms with Crippen LogP contribution >= 0.6 is 0 Å². The molecule has 4 nitrogen and oxygen atoms in total. The molecule has 1 fully saturated rings. The summed E-state index contributed by atoms with van der Waals surface area (Å²) in [7, 11) is 0. The third-order valence-corrected chi connectivity index (χ3v) is 5.33. The summed E-state index contributed by atoms with van der Waals surface area (Å²) in [5, 5.41) is 10.3. The van der Waals surface area contributed by atoms with Crippen LogP contribution in [0.1, 0.15) is 62.0 Å². The number of nitrogens with zero attached hydrogens (tertiary/aromatic N) is 2. The summed E-state index contributed by atoms with van der Waals surface area (Å²) < 4.78 is 19.1. The maximum absolute atomic E-state index is 13.6. The average molecular weight is 387 g/mol. The van der Waals surface area contributed by atoms with E-state index in [1.807, 2.05) is 0 Å². The Bertz CT molecular complexity index is 797. The van der Waals surface area contributed by atoms with Crippen LogP contribution in [-0.4, -0.2) is 41.3 Å². The Labute approximate surface area is 167 Å². The first-order valence-electron chi connectivity index (χ1n) is 10.1. The van der Waals surface area contributed by atoms with E-state index in [9.17, 15) is 9.50 Å². The number of aliphatic hydroxyl groups excluding tert-OH is 1. The number of halogens is 1. The molecule has 0 aliphatic carbocycles. The number of aromatic nitrogens is 1. The zero-order chi connectivity index (χ0) is 20.3. The van der Waals surface area contributed by atoms with Gasteiger partial charge >= 0.3 is 0 Å². The van der Waals surface area contributed by atoms with E-state index in [4.69, 9.17) is 9.72 Å². The number of morpholine rings is 1. The van der Waals surface area contributed by atoms with Gasteiger partial charge in [-0.3, -0.25) is 9.88 Å². The number of pyridine rings is 1. The minimum atomic E-state index is -0.258. The van der Waals surface area contributed by atoms with Gasteiger partial charge in [-0.15, -0.1) is 0 Å². The van der Waals surface area contributed by atoms with E-state index >= 15 is 0 Å². The minimum Gasteiger partial charge on any atom is -0.392 e. The van der Waals surface area contributed by atoms with E-state index in [2.05, 4.69) is 32.6 Å². The van der Waals surface area contributed by atoms with Gasteiger partial charge in [-0.1, -0.05) is 39.8 Å². The molecule has 1 aromatic heterocycles. The van der Waals surface area contributed by atoms with Gasteiger partial charge in [0.2, 0.25) is 0 Å². The lowest BCUT2D eigenvalue weighted by atomic mass is 9.87. The fourth-order valence-electron chi connectivity index (χ4n) is 3.93. The van der Waals surface area contributed by atoms with Crippen LogP contribution in [0.3, 0.4) is 0 Å². The lowest BCUT2D eigenvalue weighted by Crippen LogP contribution is -2.36. The molecule has 1 saturated heterocycles. The summed E-state index contributed by atoms with van der Waals surface area (Å²) >= 11 is 0. The van der Waals surface area contributed by atoms with Crippen molar-refractivity contribution in [1.82, 2.24) is 9.88 Å². The van der Waals surface area contributed by atoms with Gasteiger partial charge in [0.25, 0.3) is 0 Å². The molecule has 0 amide bonds. The zero-order valence-electron chi connectivity index (χ0n) is 17.3. The normalized spacial score (nSPS) is 15.6. The number of hydrogen-bond donors (Lipinski definition) is 1. The van der Waals surface area contributed by atoms with Gasteiger partial charge in [-0.25, -0.2) is 4.39 Å². The van der Waals surface area contributed by atoms with Crippen molar-refractivity contribution < 1.29 is 14.2 Å². The first kappa shape index (κ1) is 20.9. The van der Waals surface area contributed by atoms with Crippen LogP contribution in [0.15, 0.2) is 24.3 Å². The molecule has 1 N–H and O–H groups in total. The maximum Gasteiger partial charge on any atom is 0.123 e. The van der Waals surface area contributed by atoms with E-state index in [0.717, 1.165) is 66.5 Å². The molecule has 1 aliphatic heterocycles. The Hall–Kier alpha value is -1.82. The second kappa shape index (κ2) is 9.12. The van der Waals surface area contributed by atoms with Crippen molar-refractivity contribution in [3.63, 3.8) is 0 Å². The molecule has 0 spiro atoms. The number of ether oxygens (including phenoxy) is 1. The minimum absolute atomic E-state index is 0.0816. The molecular formula is C23H31FN2O2. The molecular weight excluding hydrogens is 355 g/mol. The first-order chi connectivity index (χ1) is 13.4. The molecule has 0 unspecified atom stereocenters. The Balaban J connectivity index is 2.24. The third kappa shape index (κ3) is 4.43. The van der Waals surface area contributed by atoms with Crippen molar-refractivity contribution in [2.45, 2.75) is 52.7 Å². The first-order valence-corrected chi connectivity index (χ1v) is 10.1. The van der Waals surface area contributed by atoms with Crippen molar-refractivity contribution in [1.29, 1.82) is 0 Å². The van der Waals surface area contributed by atoms with Gasteiger partial charge in [-0.05, 0) is 40.7 Å². The van der Waals surface area contributed by atoms with E-state index in [1.54, 1.807) is 12.1 Å². The summed E-state index contributed by atoms with van der Waals surface area (Å²) in [5.41, 5.74) is 5.92. The van der Waals surface area contributed by atoms with Crippen molar-refractivity contribution in [3.8, 4) is 11.1 Å². The van der Waals surface area contributed by atoms with Gasteiger partial charge in [0.05, 0.1) is 19.8 Å². The highest BCUT2D eigenvalue weighted by molar-refractivity contribution is 5.73. The van der Waals surface area contributed by atoms with E-state index in [1.165, 1.54) is 12.1 Å². The predicted molar refractivity (Wildman–Crippen MR) is 110 cm³/mol. The van der Waals surface area contributed by atoms with Crippen LogP contribution in [0.5, 0.6) is 0 Å². The summed E-state index contributed by atoms with van der Waals surface area (Å²) in [4.78, 5) is 7.39. The average Bonchev–Trinajstić information content (AvgIpc) is 2.68.